The first kappa shape index (κ1) is 31.8. The van der Waals surface area contributed by atoms with Gasteiger partial charge in [-0.15, -0.1) is 0 Å². The van der Waals surface area contributed by atoms with Crippen LogP contribution in [-0.2, 0) is 22.8 Å². The number of ether oxygens (including phenoxy) is 3. The second-order valence-corrected chi connectivity index (χ2v) is 12.3. The number of hydrogen-bond donors (Lipinski definition) is 1. The average Bonchev–Trinajstić information content (AvgIpc) is 3.00. The maximum atomic E-state index is 13.5. The molecule has 1 saturated heterocycles. The van der Waals surface area contributed by atoms with Gasteiger partial charge in [-0.25, -0.2) is 9.69 Å². The summed E-state index contributed by atoms with van der Waals surface area (Å²) in [5.74, 6) is -0.161. The van der Waals surface area contributed by atoms with Gasteiger partial charge in [-0.1, -0.05) is 57.3 Å². The Morgan fingerprint density at radius 1 is 0.864 bits per heavy atom. The highest BCUT2D eigenvalue weighted by molar-refractivity contribution is 14.1. The van der Waals surface area contributed by atoms with Crippen molar-refractivity contribution >= 4 is 91.3 Å². The molecule has 0 aromatic heterocycles. The number of barbiturate groups is 1. The third-order valence-corrected chi connectivity index (χ3v) is 8.51. The predicted octanol–water partition coefficient (Wildman–Crippen LogP) is 8.19. The summed E-state index contributed by atoms with van der Waals surface area (Å²) >= 11 is 17.6. The van der Waals surface area contributed by atoms with Crippen molar-refractivity contribution in [3.05, 3.63) is 119 Å². The second kappa shape index (κ2) is 14.0. The number of amides is 4. The third-order valence-electron chi connectivity index (χ3n) is 6.45. The van der Waals surface area contributed by atoms with Gasteiger partial charge in [-0.05, 0) is 106 Å². The predicted molar refractivity (Wildman–Crippen MR) is 180 cm³/mol. The van der Waals surface area contributed by atoms with Gasteiger partial charge in [0.05, 0.1) is 26.4 Å². The van der Waals surface area contributed by atoms with Crippen LogP contribution in [0.4, 0.5) is 10.5 Å². The lowest BCUT2D eigenvalue weighted by Gasteiger charge is -2.26. The highest BCUT2D eigenvalue weighted by Gasteiger charge is 2.37. The first-order chi connectivity index (χ1) is 21.1. The molecule has 0 atom stereocenters. The molecule has 1 heterocycles. The van der Waals surface area contributed by atoms with E-state index < -0.39 is 17.8 Å². The van der Waals surface area contributed by atoms with E-state index in [1.165, 1.54) is 13.2 Å². The molecule has 4 aromatic rings. The molecule has 0 bridgehead atoms. The molecule has 44 heavy (non-hydrogen) atoms. The SMILES string of the molecule is COc1cc(/C=C2\C(=O)NC(=O)N(c3ccc(OCc4ccc(Br)cc4)cc3)C2=O)cc(I)c1OCc1ccc(Cl)c(Cl)c1. The zero-order chi connectivity index (χ0) is 31.4. The van der Waals surface area contributed by atoms with Crippen LogP contribution in [0.1, 0.15) is 16.7 Å². The fraction of sp³-hybridized carbons (Fsp3) is 0.0938. The summed E-state index contributed by atoms with van der Waals surface area (Å²) in [6.07, 6.45) is 1.40. The molecule has 5 rings (SSSR count). The summed E-state index contributed by atoms with van der Waals surface area (Å²) in [4.78, 5) is 39.8. The van der Waals surface area contributed by atoms with Crippen LogP contribution in [0, 0.1) is 3.57 Å². The first-order valence-corrected chi connectivity index (χ1v) is 15.6. The Morgan fingerprint density at radius 2 is 1.55 bits per heavy atom. The lowest BCUT2D eigenvalue weighted by Crippen LogP contribution is -2.54. The molecule has 0 radical (unpaired) electrons. The number of benzene rings is 4. The highest BCUT2D eigenvalue weighted by atomic mass is 127. The van der Waals surface area contributed by atoms with Crippen molar-refractivity contribution in [1.29, 1.82) is 0 Å². The first-order valence-electron chi connectivity index (χ1n) is 13.0. The minimum absolute atomic E-state index is 0.204. The number of methoxy groups -OCH3 is 1. The van der Waals surface area contributed by atoms with Crippen molar-refractivity contribution in [2.75, 3.05) is 12.0 Å². The number of nitrogens with zero attached hydrogens (tertiary/aromatic N) is 1. The number of carbonyl (C=O) groups is 3. The van der Waals surface area contributed by atoms with Crippen molar-refractivity contribution < 1.29 is 28.6 Å². The molecular formula is C32H22BrCl2IN2O6. The average molecular weight is 808 g/mol. The van der Waals surface area contributed by atoms with Crippen LogP contribution in [0.5, 0.6) is 17.2 Å². The van der Waals surface area contributed by atoms with Crippen LogP contribution in [0.2, 0.25) is 10.0 Å². The quantitative estimate of drug-likeness (QED) is 0.104. The summed E-state index contributed by atoms with van der Waals surface area (Å²) in [6, 6.07) is 21.9. The van der Waals surface area contributed by atoms with E-state index >= 15 is 0 Å². The van der Waals surface area contributed by atoms with Crippen LogP contribution in [-0.4, -0.2) is 25.0 Å². The zero-order valence-electron chi connectivity index (χ0n) is 22.9. The molecule has 1 aliphatic heterocycles. The largest absolute Gasteiger partial charge is 0.493 e. The third kappa shape index (κ3) is 7.37. The monoisotopic (exact) mass is 806 g/mol. The number of rotatable bonds is 9. The van der Waals surface area contributed by atoms with Crippen LogP contribution in [0.15, 0.2) is 88.9 Å². The standard InChI is InChI=1S/C32H22BrCl2IN2O6/c1-42-28-15-20(14-27(36)29(28)44-17-19-4-11-25(34)26(35)13-19)12-24-30(39)37-32(41)38(31(24)40)22-7-9-23(10-8-22)43-16-18-2-5-21(33)6-3-18/h2-15H,16-17H2,1H3,(H,37,39,41)/b24-12+. The summed E-state index contributed by atoms with van der Waals surface area (Å²) < 4.78 is 19.0. The van der Waals surface area contributed by atoms with Gasteiger partial charge >= 0.3 is 6.03 Å². The van der Waals surface area contributed by atoms with E-state index in [2.05, 4.69) is 43.8 Å². The second-order valence-electron chi connectivity index (χ2n) is 9.44. The fourth-order valence-electron chi connectivity index (χ4n) is 4.25. The van der Waals surface area contributed by atoms with Crippen molar-refractivity contribution in [2.24, 2.45) is 0 Å². The summed E-state index contributed by atoms with van der Waals surface area (Å²) in [6.45, 7) is 0.550. The number of hydrogen-bond acceptors (Lipinski definition) is 6. The molecule has 1 aliphatic rings. The van der Waals surface area contributed by atoms with E-state index in [4.69, 9.17) is 37.4 Å². The van der Waals surface area contributed by atoms with Gasteiger partial charge in [0.25, 0.3) is 11.8 Å². The zero-order valence-corrected chi connectivity index (χ0v) is 28.2. The van der Waals surface area contributed by atoms with Gasteiger partial charge in [-0.2, -0.15) is 0 Å². The van der Waals surface area contributed by atoms with Gasteiger partial charge < -0.3 is 14.2 Å². The Morgan fingerprint density at radius 3 is 2.23 bits per heavy atom. The topological polar surface area (TPSA) is 94.2 Å². The van der Waals surface area contributed by atoms with Crippen molar-refractivity contribution in [3.8, 4) is 17.2 Å². The van der Waals surface area contributed by atoms with Gasteiger partial charge in [0.1, 0.15) is 24.5 Å². The molecule has 4 amide bonds. The fourth-order valence-corrected chi connectivity index (χ4v) is 5.61. The lowest BCUT2D eigenvalue weighted by atomic mass is 10.1. The van der Waals surface area contributed by atoms with Crippen LogP contribution in [0.25, 0.3) is 6.08 Å². The number of urea groups is 1. The van der Waals surface area contributed by atoms with Gasteiger partial charge in [0.15, 0.2) is 11.5 Å². The molecule has 224 valence electrons. The Bertz CT molecular complexity index is 1780. The molecule has 1 fully saturated rings. The lowest BCUT2D eigenvalue weighted by molar-refractivity contribution is -0.122. The summed E-state index contributed by atoms with van der Waals surface area (Å²) in [5.41, 5.74) is 2.34. The summed E-state index contributed by atoms with van der Waals surface area (Å²) in [7, 11) is 1.49. The Balaban J connectivity index is 1.33. The molecule has 0 unspecified atom stereocenters. The number of anilines is 1. The van der Waals surface area contributed by atoms with Crippen LogP contribution < -0.4 is 24.4 Å². The molecule has 0 spiro atoms. The van der Waals surface area contributed by atoms with E-state index in [1.807, 2.05) is 24.3 Å². The number of halogens is 4. The summed E-state index contributed by atoms with van der Waals surface area (Å²) in [5, 5.41) is 3.10. The maximum absolute atomic E-state index is 13.5. The molecule has 0 aliphatic carbocycles. The molecule has 8 nitrogen and oxygen atoms in total. The van der Waals surface area contributed by atoms with E-state index in [0.29, 0.717) is 43.0 Å². The van der Waals surface area contributed by atoms with Gasteiger partial charge in [-0.3, -0.25) is 14.9 Å². The van der Waals surface area contributed by atoms with E-state index in [9.17, 15) is 14.4 Å². The minimum atomic E-state index is -0.848. The Hall–Kier alpha value is -3.58. The van der Waals surface area contributed by atoms with Crippen molar-refractivity contribution in [1.82, 2.24) is 5.32 Å². The molecule has 12 heteroatoms. The van der Waals surface area contributed by atoms with E-state index in [-0.39, 0.29) is 17.9 Å². The number of carbonyl (C=O) groups excluding carboxylic acids is 3. The molecule has 0 saturated carbocycles. The smallest absolute Gasteiger partial charge is 0.335 e. The van der Waals surface area contributed by atoms with Crippen LogP contribution in [0.3, 0.4) is 0 Å². The minimum Gasteiger partial charge on any atom is -0.493 e. The van der Waals surface area contributed by atoms with Crippen molar-refractivity contribution in [2.45, 2.75) is 13.2 Å². The number of nitrogens with one attached hydrogen (secondary N) is 1. The van der Waals surface area contributed by atoms with Gasteiger partial charge in [0, 0.05) is 4.47 Å². The molecular weight excluding hydrogens is 786 g/mol. The Kier molecular flexibility index (Phi) is 10.1. The van der Waals surface area contributed by atoms with Crippen molar-refractivity contribution in [3.63, 3.8) is 0 Å². The molecule has 1 N–H and O–H groups in total. The van der Waals surface area contributed by atoms with E-state index in [1.54, 1.807) is 54.6 Å². The van der Waals surface area contributed by atoms with Gasteiger partial charge in [0.2, 0.25) is 0 Å². The molecule has 4 aromatic carbocycles. The van der Waals surface area contributed by atoms with E-state index in [0.717, 1.165) is 20.5 Å². The number of imide groups is 2. The normalized spacial score (nSPS) is 14.1. The maximum Gasteiger partial charge on any atom is 0.335 e. The van der Waals surface area contributed by atoms with Crippen LogP contribution >= 0.6 is 61.7 Å². The highest BCUT2D eigenvalue weighted by Crippen LogP contribution is 2.36. The Labute approximate surface area is 285 Å².